The van der Waals surface area contributed by atoms with Gasteiger partial charge in [0, 0.05) is 12.1 Å². The molecule has 2 N–H and O–H groups in total. The molecule has 1 aromatic heterocycles. The number of aromatic nitrogens is 2. The van der Waals surface area contributed by atoms with Crippen LogP contribution in [-0.4, -0.2) is 29.0 Å². The molecule has 0 aliphatic heterocycles. The van der Waals surface area contributed by atoms with Crippen molar-refractivity contribution in [1.29, 1.82) is 0 Å². The molecule has 0 radical (unpaired) electrons. The van der Waals surface area contributed by atoms with Gasteiger partial charge in [0.05, 0.1) is 12.8 Å². The van der Waals surface area contributed by atoms with Gasteiger partial charge in [-0.2, -0.15) is 0 Å². The van der Waals surface area contributed by atoms with Gasteiger partial charge in [-0.05, 0) is 37.3 Å². The van der Waals surface area contributed by atoms with E-state index < -0.39 is 0 Å². The molecular formula is C13H15N3O2. The Morgan fingerprint density at radius 1 is 1.22 bits per heavy atom. The number of phenolic OH excluding ortho intramolecular Hbond substituents is 1. The molecular weight excluding hydrogens is 230 g/mol. The van der Waals surface area contributed by atoms with Crippen molar-refractivity contribution in [3.8, 4) is 22.8 Å². The second-order valence-electron chi connectivity index (χ2n) is 3.72. The standard InChI is InChI=1S/C13H15N3O2/c1-3-14-13-7-5-11(15-16-13)10-8-9(18-2)4-6-12(10)17/h4-8,17H,3H2,1-2H3,(H,14,16). The normalized spacial score (nSPS) is 10.1. The number of hydrogen-bond acceptors (Lipinski definition) is 5. The summed E-state index contributed by atoms with van der Waals surface area (Å²) in [6.07, 6.45) is 0. The molecule has 0 amide bonds. The Morgan fingerprint density at radius 3 is 2.67 bits per heavy atom. The molecule has 1 heterocycles. The van der Waals surface area contributed by atoms with Crippen LogP contribution < -0.4 is 10.1 Å². The van der Waals surface area contributed by atoms with E-state index in [-0.39, 0.29) is 5.75 Å². The molecule has 2 rings (SSSR count). The number of nitrogens with zero attached hydrogens (tertiary/aromatic N) is 2. The molecule has 0 saturated heterocycles. The third-order valence-electron chi connectivity index (χ3n) is 2.50. The molecule has 0 bridgehead atoms. The molecule has 0 spiro atoms. The predicted molar refractivity (Wildman–Crippen MR) is 69.8 cm³/mol. The number of ether oxygens (including phenoxy) is 1. The van der Waals surface area contributed by atoms with Crippen LogP contribution in [0.5, 0.6) is 11.5 Å². The Morgan fingerprint density at radius 2 is 2.06 bits per heavy atom. The highest BCUT2D eigenvalue weighted by atomic mass is 16.5. The lowest BCUT2D eigenvalue weighted by atomic mass is 10.1. The lowest BCUT2D eigenvalue weighted by molar-refractivity contribution is 0.412. The van der Waals surface area contributed by atoms with E-state index in [1.807, 2.05) is 13.0 Å². The largest absolute Gasteiger partial charge is 0.507 e. The second kappa shape index (κ2) is 5.35. The lowest BCUT2D eigenvalue weighted by Gasteiger charge is -2.07. The highest BCUT2D eigenvalue weighted by Gasteiger charge is 2.08. The first-order valence-corrected chi connectivity index (χ1v) is 5.69. The van der Waals surface area contributed by atoms with Crippen molar-refractivity contribution in [3.63, 3.8) is 0 Å². The summed E-state index contributed by atoms with van der Waals surface area (Å²) < 4.78 is 5.12. The predicted octanol–water partition coefficient (Wildman–Crippen LogP) is 2.29. The van der Waals surface area contributed by atoms with E-state index in [1.54, 1.807) is 31.4 Å². The molecule has 0 atom stereocenters. The quantitative estimate of drug-likeness (QED) is 0.865. The number of nitrogens with one attached hydrogen (secondary N) is 1. The summed E-state index contributed by atoms with van der Waals surface area (Å²) in [5.74, 6) is 1.53. The fourth-order valence-electron chi connectivity index (χ4n) is 1.60. The monoisotopic (exact) mass is 245 g/mol. The van der Waals surface area contributed by atoms with Crippen LogP contribution in [0.25, 0.3) is 11.3 Å². The zero-order chi connectivity index (χ0) is 13.0. The van der Waals surface area contributed by atoms with Crippen molar-refractivity contribution < 1.29 is 9.84 Å². The molecule has 0 aliphatic carbocycles. The summed E-state index contributed by atoms with van der Waals surface area (Å²) in [6, 6.07) is 8.63. The first-order valence-electron chi connectivity index (χ1n) is 5.69. The minimum Gasteiger partial charge on any atom is -0.507 e. The van der Waals surface area contributed by atoms with Crippen molar-refractivity contribution in [1.82, 2.24) is 10.2 Å². The molecule has 5 nitrogen and oxygen atoms in total. The van der Waals surface area contributed by atoms with Crippen LogP contribution in [-0.2, 0) is 0 Å². The fourth-order valence-corrected chi connectivity index (χ4v) is 1.60. The van der Waals surface area contributed by atoms with E-state index >= 15 is 0 Å². The molecule has 1 aromatic carbocycles. The third kappa shape index (κ3) is 2.51. The number of rotatable bonds is 4. The minimum atomic E-state index is 0.154. The number of methoxy groups -OCH3 is 1. The van der Waals surface area contributed by atoms with Crippen molar-refractivity contribution in [3.05, 3.63) is 30.3 Å². The highest BCUT2D eigenvalue weighted by molar-refractivity contribution is 5.68. The van der Waals surface area contributed by atoms with Gasteiger partial charge in [-0.15, -0.1) is 10.2 Å². The van der Waals surface area contributed by atoms with Crippen LogP contribution in [0.3, 0.4) is 0 Å². The molecule has 0 fully saturated rings. The first kappa shape index (κ1) is 12.2. The second-order valence-corrected chi connectivity index (χ2v) is 3.72. The first-order chi connectivity index (χ1) is 8.74. The summed E-state index contributed by atoms with van der Waals surface area (Å²) in [6.45, 7) is 2.78. The third-order valence-corrected chi connectivity index (χ3v) is 2.50. The average Bonchev–Trinajstić information content (AvgIpc) is 2.41. The lowest BCUT2D eigenvalue weighted by Crippen LogP contribution is -2.00. The van der Waals surface area contributed by atoms with Gasteiger partial charge in [-0.1, -0.05) is 0 Å². The van der Waals surface area contributed by atoms with Gasteiger partial charge in [0.1, 0.15) is 17.3 Å². The molecule has 2 aromatic rings. The molecule has 18 heavy (non-hydrogen) atoms. The Bertz CT molecular complexity index is 526. The van der Waals surface area contributed by atoms with E-state index in [9.17, 15) is 5.11 Å². The minimum absolute atomic E-state index is 0.154. The molecule has 94 valence electrons. The Hall–Kier alpha value is -2.30. The number of aromatic hydroxyl groups is 1. The zero-order valence-corrected chi connectivity index (χ0v) is 10.3. The summed E-state index contributed by atoms with van der Waals surface area (Å²) >= 11 is 0. The van der Waals surface area contributed by atoms with Crippen LogP contribution in [0.1, 0.15) is 6.92 Å². The van der Waals surface area contributed by atoms with Crippen LogP contribution in [0.2, 0.25) is 0 Å². The zero-order valence-electron chi connectivity index (χ0n) is 10.3. The van der Waals surface area contributed by atoms with Gasteiger partial charge in [0.15, 0.2) is 0 Å². The summed E-state index contributed by atoms with van der Waals surface area (Å²) in [5.41, 5.74) is 1.21. The Balaban J connectivity index is 2.35. The summed E-state index contributed by atoms with van der Waals surface area (Å²) in [4.78, 5) is 0. The van der Waals surface area contributed by atoms with Crippen molar-refractivity contribution in [2.75, 3.05) is 19.0 Å². The van der Waals surface area contributed by atoms with E-state index in [0.29, 0.717) is 22.8 Å². The van der Waals surface area contributed by atoms with Gasteiger partial charge in [0.2, 0.25) is 0 Å². The number of benzene rings is 1. The summed E-state index contributed by atoms with van der Waals surface area (Å²) in [7, 11) is 1.58. The molecule has 5 heteroatoms. The number of phenols is 1. The Labute approximate surface area is 105 Å². The van der Waals surface area contributed by atoms with Crippen molar-refractivity contribution in [2.24, 2.45) is 0 Å². The van der Waals surface area contributed by atoms with Gasteiger partial charge in [-0.3, -0.25) is 0 Å². The maximum absolute atomic E-state index is 9.82. The van der Waals surface area contributed by atoms with E-state index in [4.69, 9.17) is 4.74 Å². The molecule has 0 aliphatic rings. The van der Waals surface area contributed by atoms with Crippen molar-refractivity contribution >= 4 is 5.82 Å². The number of hydrogen-bond donors (Lipinski definition) is 2. The maximum Gasteiger partial charge on any atom is 0.148 e. The maximum atomic E-state index is 9.82. The topological polar surface area (TPSA) is 67.3 Å². The van der Waals surface area contributed by atoms with Gasteiger partial charge in [-0.25, -0.2) is 0 Å². The van der Waals surface area contributed by atoms with Gasteiger partial charge >= 0.3 is 0 Å². The van der Waals surface area contributed by atoms with E-state index in [2.05, 4.69) is 15.5 Å². The van der Waals surface area contributed by atoms with Crippen molar-refractivity contribution in [2.45, 2.75) is 6.92 Å². The molecule has 0 unspecified atom stereocenters. The van der Waals surface area contributed by atoms with Gasteiger partial charge < -0.3 is 15.2 Å². The average molecular weight is 245 g/mol. The highest BCUT2D eigenvalue weighted by Crippen LogP contribution is 2.31. The smallest absolute Gasteiger partial charge is 0.148 e. The Kier molecular flexibility index (Phi) is 3.62. The SMILES string of the molecule is CCNc1ccc(-c2cc(OC)ccc2O)nn1. The van der Waals surface area contributed by atoms with Crippen LogP contribution in [0, 0.1) is 0 Å². The van der Waals surface area contributed by atoms with Crippen LogP contribution >= 0.6 is 0 Å². The van der Waals surface area contributed by atoms with E-state index in [0.717, 1.165) is 6.54 Å². The van der Waals surface area contributed by atoms with Crippen LogP contribution in [0.15, 0.2) is 30.3 Å². The number of anilines is 1. The van der Waals surface area contributed by atoms with Gasteiger partial charge in [0.25, 0.3) is 0 Å². The molecule has 0 saturated carbocycles. The van der Waals surface area contributed by atoms with Crippen LogP contribution in [0.4, 0.5) is 5.82 Å². The fraction of sp³-hybridized carbons (Fsp3) is 0.231. The van der Waals surface area contributed by atoms with E-state index in [1.165, 1.54) is 0 Å². The summed E-state index contributed by atoms with van der Waals surface area (Å²) in [5, 5.41) is 21.0.